The van der Waals surface area contributed by atoms with E-state index in [4.69, 9.17) is 5.14 Å². The van der Waals surface area contributed by atoms with E-state index in [1.807, 2.05) is 0 Å². The predicted molar refractivity (Wildman–Crippen MR) is 77.8 cm³/mol. The van der Waals surface area contributed by atoms with Crippen molar-refractivity contribution in [3.05, 3.63) is 29.3 Å². The summed E-state index contributed by atoms with van der Waals surface area (Å²) in [5.41, 5.74) is 0.576. The fraction of sp³-hybridized carbons (Fsp3) is 0.400. The Morgan fingerprint density at radius 3 is 1.86 bits per heavy atom. The first kappa shape index (κ1) is 18.0. The molecule has 21 heavy (non-hydrogen) atoms. The minimum Gasteiger partial charge on any atom is -0.225 e. The first-order chi connectivity index (χ1) is 9.23. The lowest BCUT2D eigenvalue weighted by molar-refractivity contribution is 0.502. The van der Waals surface area contributed by atoms with Crippen molar-refractivity contribution in [2.45, 2.75) is 18.4 Å². The van der Waals surface area contributed by atoms with Crippen LogP contribution in [0.2, 0.25) is 0 Å². The van der Waals surface area contributed by atoms with E-state index in [1.165, 1.54) is 19.1 Å². The van der Waals surface area contributed by atoms with Crippen molar-refractivity contribution >= 4 is 30.1 Å². The zero-order valence-corrected chi connectivity index (χ0v) is 14.1. The van der Waals surface area contributed by atoms with Crippen LogP contribution in [0.1, 0.15) is 11.1 Å². The molecule has 0 aliphatic carbocycles. The Morgan fingerprint density at radius 1 is 1.00 bits per heavy atom. The van der Waals surface area contributed by atoms with Crippen molar-refractivity contribution in [3.63, 3.8) is 0 Å². The van der Waals surface area contributed by atoms with Crippen LogP contribution < -0.4 is 5.14 Å². The summed E-state index contributed by atoms with van der Waals surface area (Å²) in [6, 6.07) is 4.03. The number of aryl methyl sites for hydroxylation is 1. The van der Waals surface area contributed by atoms with Gasteiger partial charge in [-0.25, -0.2) is 30.4 Å². The lowest BCUT2D eigenvalue weighted by atomic mass is 10.1. The average molecular weight is 356 g/mol. The summed E-state index contributed by atoms with van der Waals surface area (Å²) in [5, 5.41) is 5.05. The molecule has 8 nitrogen and oxygen atoms in total. The van der Waals surface area contributed by atoms with Crippen LogP contribution in [-0.2, 0) is 36.6 Å². The van der Waals surface area contributed by atoms with E-state index < -0.39 is 36.6 Å². The van der Waals surface area contributed by atoms with E-state index in [1.54, 1.807) is 0 Å². The van der Waals surface area contributed by atoms with Crippen LogP contribution in [-0.4, -0.2) is 41.5 Å². The van der Waals surface area contributed by atoms with Gasteiger partial charge in [0.05, 0.1) is 24.0 Å². The third-order valence-electron chi connectivity index (χ3n) is 2.61. The fourth-order valence-electron chi connectivity index (χ4n) is 1.68. The lowest BCUT2D eigenvalue weighted by Gasteiger charge is -2.18. The number of nitrogens with two attached hydrogens (primary N) is 1. The first-order valence-corrected chi connectivity index (χ1v) is 10.8. The molecule has 0 aliphatic heterocycles. The summed E-state index contributed by atoms with van der Waals surface area (Å²) in [4.78, 5) is -0.179. The molecule has 0 radical (unpaired) electrons. The average Bonchev–Trinajstić information content (AvgIpc) is 2.22. The summed E-state index contributed by atoms with van der Waals surface area (Å²) < 4.78 is 69.3. The zero-order chi connectivity index (χ0) is 16.6. The van der Waals surface area contributed by atoms with Gasteiger partial charge in [-0.1, -0.05) is 15.8 Å². The smallest absolute Gasteiger partial charge is 0.225 e. The standard InChI is InChI=1S/C10H16N2O6S3/c1-8-4-5-9(6-10(8)21(11,17)18)7-12(19(2,13)14)20(3,15)16/h4-6H,7H2,1-3H3,(H2,11,17,18). The molecule has 0 amide bonds. The second-order valence-electron chi connectivity index (χ2n) is 4.60. The number of rotatable bonds is 5. The van der Waals surface area contributed by atoms with Gasteiger partial charge in [-0.15, -0.1) is 0 Å². The Kier molecular flexibility index (Phi) is 4.85. The highest BCUT2D eigenvalue weighted by Crippen LogP contribution is 2.19. The maximum Gasteiger partial charge on any atom is 0.238 e. The van der Waals surface area contributed by atoms with Crippen LogP contribution in [0.5, 0.6) is 0 Å². The van der Waals surface area contributed by atoms with Gasteiger partial charge in [-0.05, 0) is 24.1 Å². The summed E-state index contributed by atoms with van der Waals surface area (Å²) in [5.74, 6) is 0. The van der Waals surface area contributed by atoms with Crippen LogP contribution in [0.25, 0.3) is 0 Å². The van der Waals surface area contributed by atoms with Crippen LogP contribution in [0.15, 0.2) is 23.1 Å². The minimum absolute atomic E-state index is 0.179. The quantitative estimate of drug-likeness (QED) is 0.746. The number of sulfonamides is 3. The first-order valence-electron chi connectivity index (χ1n) is 5.53. The molecule has 0 aromatic heterocycles. The van der Waals surface area contributed by atoms with Crippen LogP contribution in [0.4, 0.5) is 0 Å². The highest BCUT2D eigenvalue weighted by molar-refractivity contribution is 8.03. The minimum atomic E-state index is -4.01. The second-order valence-corrected chi connectivity index (χ2v) is 10.2. The summed E-state index contributed by atoms with van der Waals surface area (Å²) in [7, 11) is -12.0. The molecule has 120 valence electrons. The Labute approximate surface area is 124 Å². The largest absolute Gasteiger partial charge is 0.238 e. The second kappa shape index (κ2) is 5.65. The Bertz CT molecular complexity index is 824. The molecular weight excluding hydrogens is 340 g/mol. The number of benzene rings is 1. The van der Waals surface area contributed by atoms with Crippen molar-refractivity contribution in [2.75, 3.05) is 12.5 Å². The van der Waals surface area contributed by atoms with E-state index in [9.17, 15) is 25.3 Å². The molecule has 0 fully saturated rings. The molecule has 0 saturated heterocycles. The highest BCUT2D eigenvalue weighted by atomic mass is 32.3. The van der Waals surface area contributed by atoms with E-state index in [2.05, 4.69) is 0 Å². The van der Waals surface area contributed by atoms with Gasteiger partial charge in [0.15, 0.2) is 0 Å². The maximum atomic E-state index is 11.5. The molecule has 2 N–H and O–H groups in total. The van der Waals surface area contributed by atoms with Gasteiger partial charge < -0.3 is 0 Å². The molecule has 0 atom stereocenters. The molecule has 1 rings (SSSR count). The lowest BCUT2D eigenvalue weighted by Crippen LogP contribution is -2.34. The van der Waals surface area contributed by atoms with E-state index in [0.717, 1.165) is 18.6 Å². The summed E-state index contributed by atoms with van der Waals surface area (Å²) >= 11 is 0. The summed E-state index contributed by atoms with van der Waals surface area (Å²) in [6.07, 6.45) is 1.51. The van der Waals surface area contributed by atoms with Crippen LogP contribution in [0.3, 0.4) is 0 Å². The predicted octanol–water partition coefficient (Wildman–Crippen LogP) is -0.636. The van der Waals surface area contributed by atoms with Crippen molar-refractivity contribution < 1.29 is 25.3 Å². The van der Waals surface area contributed by atoms with Gasteiger partial charge >= 0.3 is 0 Å². The third-order valence-corrected chi connectivity index (χ3v) is 7.03. The number of hydrogen-bond donors (Lipinski definition) is 1. The molecule has 0 unspecified atom stereocenters. The van der Waals surface area contributed by atoms with Gasteiger partial charge in [-0.3, -0.25) is 0 Å². The topological polar surface area (TPSA) is 132 Å². The van der Waals surface area contributed by atoms with Gasteiger partial charge in [0.2, 0.25) is 30.1 Å². The molecule has 0 bridgehead atoms. The SMILES string of the molecule is Cc1ccc(CN(S(C)(=O)=O)S(C)(=O)=O)cc1S(N)(=O)=O. The Hall–Kier alpha value is -1.01. The molecule has 1 aromatic rings. The van der Waals surface area contributed by atoms with Gasteiger partial charge in [0.25, 0.3) is 0 Å². The molecule has 11 heteroatoms. The van der Waals surface area contributed by atoms with E-state index in [0.29, 0.717) is 5.56 Å². The molecule has 0 heterocycles. The van der Waals surface area contributed by atoms with Crippen molar-refractivity contribution in [2.24, 2.45) is 5.14 Å². The van der Waals surface area contributed by atoms with Gasteiger partial charge in [0.1, 0.15) is 0 Å². The monoisotopic (exact) mass is 356 g/mol. The van der Waals surface area contributed by atoms with E-state index >= 15 is 0 Å². The Balaban J connectivity index is 3.37. The Morgan fingerprint density at radius 2 is 1.48 bits per heavy atom. The van der Waals surface area contributed by atoms with Gasteiger partial charge in [0, 0.05) is 0 Å². The van der Waals surface area contributed by atoms with E-state index in [-0.39, 0.29) is 14.2 Å². The zero-order valence-electron chi connectivity index (χ0n) is 11.6. The third kappa shape index (κ3) is 4.74. The molecular formula is C10H16N2O6S3. The molecule has 0 spiro atoms. The number of hydrogen-bond acceptors (Lipinski definition) is 6. The summed E-state index contributed by atoms with van der Waals surface area (Å²) in [6.45, 7) is 1.02. The molecule has 0 aliphatic rings. The van der Waals surface area contributed by atoms with Crippen molar-refractivity contribution in [1.29, 1.82) is 0 Å². The number of nitrogens with zero attached hydrogens (tertiary/aromatic N) is 1. The van der Waals surface area contributed by atoms with Crippen molar-refractivity contribution in [3.8, 4) is 0 Å². The highest BCUT2D eigenvalue weighted by Gasteiger charge is 2.27. The van der Waals surface area contributed by atoms with Crippen LogP contribution >= 0.6 is 0 Å². The van der Waals surface area contributed by atoms with Crippen molar-refractivity contribution in [1.82, 2.24) is 3.71 Å². The molecule has 1 aromatic carbocycles. The fourth-order valence-corrected chi connectivity index (χ4v) is 5.25. The number of primary sulfonamides is 1. The normalized spacial score (nSPS) is 13.6. The molecule has 0 saturated carbocycles. The van der Waals surface area contributed by atoms with Crippen LogP contribution in [0, 0.1) is 6.92 Å². The maximum absolute atomic E-state index is 11.5. The van der Waals surface area contributed by atoms with Gasteiger partial charge in [-0.2, -0.15) is 0 Å².